The number of hydrogen-bond acceptors (Lipinski definition) is 6. The van der Waals surface area contributed by atoms with E-state index in [4.69, 9.17) is 14.0 Å². The Balaban J connectivity index is 1.58. The summed E-state index contributed by atoms with van der Waals surface area (Å²) in [6.07, 6.45) is 0.0972. The molecule has 7 nitrogen and oxygen atoms in total. The molecule has 0 aliphatic heterocycles. The number of nitrogens with one attached hydrogen (secondary N) is 1. The summed E-state index contributed by atoms with van der Waals surface area (Å²) in [7, 11) is 0. The standard InChI is InChI=1S/C20H20FN3O4/c1-3-12-26-16-8-4-14(5-9-16)19-23-20(24-28-19)22-18(25)13(2)27-17-10-6-15(21)7-11-17/h4-11,13H,3,12H2,1-2H3,(H,22,24,25). The Kier molecular flexibility index (Phi) is 6.21. The molecule has 0 aliphatic carbocycles. The van der Waals surface area contributed by atoms with Crippen molar-refractivity contribution < 1.29 is 23.2 Å². The van der Waals surface area contributed by atoms with Gasteiger partial charge in [-0.05, 0) is 67.0 Å². The summed E-state index contributed by atoms with van der Waals surface area (Å²) in [5, 5.41) is 6.28. The summed E-state index contributed by atoms with van der Waals surface area (Å²) in [6, 6.07) is 12.6. The average Bonchev–Trinajstić information content (AvgIpc) is 3.17. The van der Waals surface area contributed by atoms with Gasteiger partial charge in [-0.15, -0.1) is 0 Å². The fourth-order valence-electron chi connectivity index (χ4n) is 2.29. The Morgan fingerprint density at radius 1 is 1.14 bits per heavy atom. The van der Waals surface area contributed by atoms with E-state index in [1.165, 1.54) is 24.3 Å². The molecule has 0 fully saturated rings. The molecule has 3 aromatic rings. The predicted molar refractivity (Wildman–Crippen MR) is 101 cm³/mol. The van der Waals surface area contributed by atoms with Crippen molar-refractivity contribution in [2.24, 2.45) is 0 Å². The van der Waals surface area contributed by atoms with Crippen molar-refractivity contribution in [1.82, 2.24) is 10.1 Å². The summed E-state index contributed by atoms with van der Waals surface area (Å²) in [6.45, 7) is 4.25. The van der Waals surface area contributed by atoms with Gasteiger partial charge >= 0.3 is 0 Å². The normalized spacial score (nSPS) is 11.7. The van der Waals surface area contributed by atoms with Crippen molar-refractivity contribution in [3.63, 3.8) is 0 Å². The summed E-state index contributed by atoms with van der Waals surface area (Å²) in [4.78, 5) is 16.4. The van der Waals surface area contributed by atoms with Gasteiger partial charge in [-0.25, -0.2) is 4.39 Å². The molecule has 0 saturated heterocycles. The molecule has 28 heavy (non-hydrogen) atoms. The molecular formula is C20H20FN3O4. The van der Waals surface area contributed by atoms with Gasteiger partial charge in [0, 0.05) is 5.56 Å². The van der Waals surface area contributed by atoms with E-state index >= 15 is 0 Å². The van der Waals surface area contributed by atoms with Crippen LogP contribution in [-0.2, 0) is 4.79 Å². The van der Waals surface area contributed by atoms with Gasteiger partial charge in [-0.3, -0.25) is 10.1 Å². The SMILES string of the molecule is CCCOc1ccc(-c2nc(NC(=O)C(C)Oc3ccc(F)cc3)no2)cc1. The summed E-state index contributed by atoms with van der Waals surface area (Å²) >= 11 is 0. The van der Waals surface area contributed by atoms with E-state index in [9.17, 15) is 9.18 Å². The maximum Gasteiger partial charge on any atom is 0.270 e. The molecule has 0 radical (unpaired) electrons. The van der Waals surface area contributed by atoms with Gasteiger partial charge in [0.05, 0.1) is 6.61 Å². The molecule has 1 aromatic heterocycles. The van der Waals surface area contributed by atoms with Crippen molar-refractivity contribution >= 4 is 11.9 Å². The Bertz CT molecular complexity index is 910. The minimum absolute atomic E-state index is 0.0286. The molecule has 0 aliphatic rings. The Morgan fingerprint density at radius 3 is 2.50 bits per heavy atom. The minimum atomic E-state index is -0.831. The van der Waals surface area contributed by atoms with Crippen LogP contribution < -0.4 is 14.8 Å². The van der Waals surface area contributed by atoms with Crippen molar-refractivity contribution in [1.29, 1.82) is 0 Å². The van der Waals surface area contributed by atoms with Gasteiger partial charge in [0.15, 0.2) is 6.10 Å². The molecule has 0 spiro atoms. The predicted octanol–water partition coefficient (Wildman–Crippen LogP) is 4.07. The smallest absolute Gasteiger partial charge is 0.270 e. The first-order chi connectivity index (χ1) is 13.5. The highest BCUT2D eigenvalue weighted by Gasteiger charge is 2.18. The van der Waals surface area contributed by atoms with Crippen LogP contribution in [0.25, 0.3) is 11.5 Å². The van der Waals surface area contributed by atoms with Gasteiger partial charge < -0.3 is 14.0 Å². The number of amides is 1. The highest BCUT2D eigenvalue weighted by Crippen LogP contribution is 2.22. The number of aromatic nitrogens is 2. The van der Waals surface area contributed by atoms with Crippen molar-refractivity contribution in [2.45, 2.75) is 26.4 Å². The van der Waals surface area contributed by atoms with Crippen LogP contribution in [0.5, 0.6) is 11.5 Å². The third-order valence-electron chi connectivity index (χ3n) is 3.73. The van der Waals surface area contributed by atoms with Crippen LogP contribution in [0, 0.1) is 5.82 Å². The van der Waals surface area contributed by atoms with Gasteiger partial charge in [-0.2, -0.15) is 4.98 Å². The maximum atomic E-state index is 12.9. The molecule has 0 saturated carbocycles. The third-order valence-corrected chi connectivity index (χ3v) is 3.73. The van der Waals surface area contributed by atoms with Crippen molar-refractivity contribution in [2.75, 3.05) is 11.9 Å². The van der Waals surface area contributed by atoms with Crippen LogP contribution in [-0.4, -0.2) is 28.8 Å². The van der Waals surface area contributed by atoms with Crippen LogP contribution in [0.4, 0.5) is 10.3 Å². The summed E-state index contributed by atoms with van der Waals surface area (Å²) in [5.74, 6) is 0.590. The van der Waals surface area contributed by atoms with Crippen LogP contribution in [0.3, 0.4) is 0 Å². The zero-order valence-corrected chi connectivity index (χ0v) is 15.5. The number of benzene rings is 2. The number of hydrogen-bond donors (Lipinski definition) is 1. The number of rotatable bonds is 8. The van der Waals surface area contributed by atoms with E-state index < -0.39 is 12.0 Å². The van der Waals surface area contributed by atoms with E-state index in [0.717, 1.165) is 12.2 Å². The monoisotopic (exact) mass is 385 g/mol. The van der Waals surface area contributed by atoms with Crippen LogP contribution in [0.2, 0.25) is 0 Å². The van der Waals surface area contributed by atoms with Crippen molar-refractivity contribution in [3.05, 3.63) is 54.3 Å². The van der Waals surface area contributed by atoms with Gasteiger partial charge in [0.1, 0.15) is 17.3 Å². The molecule has 1 unspecified atom stereocenters. The fourth-order valence-corrected chi connectivity index (χ4v) is 2.29. The van der Waals surface area contributed by atoms with E-state index in [1.54, 1.807) is 19.1 Å². The van der Waals surface area contributed by atoms with Crippen LogP contribution in [0.1, 0.15) is 20.3 Å². The Morgan fingerprint density at radius 2 is 1.82 bits per heavy atom. The molecule has 3 rings (SSSR count). The number of carbonyl (C=O) groups excluding carboxylic acids is 1. The van der Waals surface area contributed by atoms with E-state index in [2.05, 4.69) is 15.5 Å². The number of carbonyl (C=O) groups is 1. The van der Waals surface area contributed by atoms with Gasteiger partial charge in [0.2, 0.25) is 0 Å². The van der Waals surface area contributed by atoms with E-state index in [-0.39, 0.29) is 17.7 Å². The first-order valence-electron chi connectivity index (χ1n) is 8.85. The highest BCUT2D eigenvalue weighted by molar-refractivity contribution is 5.92. The molecule has 1 atom stereocenters. The molecule has 1 amide bonds. The van der Waals surface area contributed by atoms with Gasteiger partial charge in [0.25, 0.3) is 17.7 Å². The van der Waals surface area contributed by atoms with Crippen LogP contribution >= 0.6 is 0 Å². The molecule has 1 N–H and O–H groups in total. The second-order valence-electron chi connectivity index (χ2n) is 6.00. The number of ether oxygens (including phenoxy) is 2. The molecule has 0 bridgehead atoms. The summed E-state index contributed by atoms with van der Waals surface area (Å²) < 4.78 is 29.1. The topological polar surface area (TPSA) is 86.5 Å². The number of nitrogens with zero attached hydrogens (tertiary/aromatic N) is 2. The first kappa shape index (κ1) is 19.3. The highest BCUT2D eigenvalue weighted by atomic mass is 19.1. The molecule has 2 aromatic carbocycles. The third kappa shape index (κ3) is 5.06. The Labute approximate surface area is 161 Å². The minimum Gasteiger partial charge on any atom is -0.494 e. The first-order valence-corrected chi connectivity index (χ1v) is 8.85. The summed E-state index contributed by atoms with van der Waals surface area (Å²) in [5.41, 5.74) is 0.701. The molecule has 1 heterocycles. The second-order valence-corrected chi connectivity index (χ2v) is 6.00. The molecular weight excluding hydrogens is 365 g/mol. The lowest BCUT2D eigenvalue weighted by Gasteiger charge is -2.13. The lowest BCUT2D eigenvalue weighted by atomic mass is 10.2. The second kappa shape index (κ2) is 8.98. The number of anilines is 1. The molecule has 146 valence electrons. The zero-order chi connectivity index (χ0) is 19.9. The zero-order valence-electron chi connectivity index (χ0n) is 15.5. The lowest BCUT2D eigenvalue weighted by molar-refractivity contribution is -0.122. The van der Waals surface area contributed by atoms with E-state index in [0.29, 0.717) is 17.9 Å². The average molecular weight is 385 g/mol. The largest absolute Gasteiger partial charge is 0.494 e. The number of halogens is 1. The Hall–Kier alpha value is -3.42. The quantitative estimate of drug-likeness (QED) is 0.629. The van der Waals surface area contributed by atoms with Gasteiger partial charge in [-0.1, -0.05) is 6.92 Å². The fraction of sp³-hybridized carbons (Fsp3) is 0.250. The van der Waals surface area contributed by atoms with Crippen LogP contribution in [0.15, 0.2) is 53.1 Å². The maximum absolute atomic E-state index is 12.9. The van der Waals surface area contributed by atoms with Crippen molar-refractivity contribution in [3.8, 4) is 23.0 Å². The lowest BCUT2D eigenvalue weighted by Crippen LogP contribution is -2.30. The van der Waals surface area contributed by atoms with E-state index in [1.807, 2.05) is 19.1 Å². The molecule has 8 heteroatoms.